The van der Waals surface area contributed by atoms with Crippen LogP contribution >= 0.6 is 0 Å². The Balaban J connectivity index is 1.41. The zero-order valence-electron chi connectivity index (χ0n) is 17.4. The molecule has 3 heterocycles. The number of ether oxygens (including phenoxy) is 2. The molecule has 0 bridgehead atoms. The van der Waals surface area contributed by atoms with Crippen LogP contribution in [0.1, 0.15) is 29.2 Å². The van der Waals surface area contributed by atoms with E-state index in [1.165, 1.54) is 28.0 Å². The number of aryl methyl sites for hydroxylation is 1. The van der Waals surface area contributed by atoms with Crippen LogP contribution in [0.2, 0.25) is 0 Å². The molecule has 8 heteroatoms. The molecule has 31 heavy (non-hydrogen) atoms. The largest absolute Gasteiger partial charge is 0.497 e. The highest BCUT2D eigenvalue weighted by molar-refractivity contribution is 5.83. The molecule has 0 unspecified atom stereocenters. The van der Waals surface area contributed by atoms with Crippen molar-refractivity contribution in [1.82, 2.24) is 20.2 Å². The van der Waals surface area contributed by atoms with Gasteiger partial charge in [-0.25, -0.2) is 0 Å². The van der Waals surface area contributed by atoms with Crippen molar-refractivity contribution in [3.05, 3.63) is 64.7 Å². The Hall–Kier alpha value is -3.39. The number of hydrogen-bond donors (Lipinski definition) is 1. The number of nitrogens with zero attached hydrogens (tertiary/aromatic N) is 5. The number of rotatable bonds is 3. The van der Waals surface area contributed by atoms with E-state index in [0.717, 1.165) is 50.6 Å². The van der Waals surface area contributed by atoms with Crippen molar-refractivity contribution < 1.29 is 9.47 Å². The number of allylic oxidation sites excluding steroid dienone is 1. The third-order valence-electron chi connectivity index (χ3n) is 6.46. The Morgan fingerprint density at radius 1 is 1.06 bits per heavy atom. The first-order valence-electron chi connectivity index (χ1n) is 10.7. The number of hydrogen-bond acceptors (Lipinski definition) is 7. The highest BCUT2D eigenvalue weighted by Gasteiger charge is 2.34. The Kier molecular flexibility index (Phi) is 4.38. The molecule has 158 valence electrons. The molecule has 1 atom stereocenters. The highest BCUT2D eigenvalue weighted by Crippen LogP contribution is 2.44. The molecule has 3 aliphatic rings. The first-order valence-corrected chi connectivity index (χ1v) is 10.7. The van der Waals surface area contributed by atoms with Crippen LogP contribution in [-0.2, 0) is 11.2 Å². The van der Waals surface area contributed by atoms with Crippen LogP contribution < -0.4 is 15.0 Å². The maximum Gasteiger partial charge on any atom is 0.248 e. The summed E-state index contributed by atoms with van der Waals surface area (Å²) in [4.78, 5) is 2.37. The topological polar surface area (TPSA) is 77.3 Å². The van der Waals surface area contributed by atoms with Crippen molar-refractivity contribution >= 4 is 17.3 Å². The van der Waals surface area contributed by atoms with E-state index in [1.807, 2.05) is 10.7 Å². The molecule has 1 fully saturated rings. The Morgan fingerprint density at radius 2 is 1.90 bits per heavy atom. The summed E-state index contributed by atoms with van der Waals surface area (Å²) in [5.41, 5.74) is 7.34. The predicted molar refractivity (Wildman–Crippen MR) is 117 cm³/mol. The summed E-state index contributed by atoms with van der Waals surface area (Å²) in [5.74, 6) is 1.56. The Bertz CT molecular complexity index is 1150. The summed E-state index contributed by atoms with van der Waals surface area (Å²) >= 11 is 0. The van der Waals surface area contributed by atoms with Gasteiger partial charge in [0.1, 0.15) is 11.8 Å². The van der Waals surface area contributed by atoms with Gasteiger partial charge in [0, 0.05) is 24.3 Å². The molecule has 2 aliphatic heterocycles. The van der Waals surface area contributed by atoms with Gasteiger partial charge in [0.15, 0.2) is 0 Å². The second-order valence-corrected chi connectivity index (χ2v) is 8.09. The van der Waals surface area contributed by atoms with Crippen molar-refractivity contribution in [3.63, 3.8) is 0 Å². The summed E-state index contributed by atoms with van der Waals surface area (Å²) < 4.78 is 12.8. The van der Waals surface area contributed by atoms with Gasteiger partial charge in [-0.15, -0.1) is 0 Å². The molecule has 2 aromatic carbocycles. The number of morpholine rings is 1. The molecule has 6 rings (SSSR count). The first-order chi connectivity index (χ1) is 15.3. The zero-order valence-corrected chi connectivity index (χ0v) is 17.4. The maximum atomic E-state index is 5.48. The number of benzene rings is 2. The minimum atomic E-state index is -0.0183. The average molecular weight is 416 g/mol. The molecule has 1 aliphatic carbocycles. The van der Waals surface area contributed by atoms with Gasteiger partial charge in [-0.1, -0.05) is 17.2 Å². The quantitative estimate of drug-likeness (QED) is 0.703. The van der Waals surface area contributed by atoms with Crippen molar-refractivity contribution in [1.29, 1.82) is 0 Å². The molecule has 0 radical (unpaired) electrons. The molecular weight excluding hydrogens is 392 g/mol. The maximum absolute atomic E-state index is 5.48. The molecule has 1 N–H and O–H groups in total. The van der Waals surface area contributed by atoms with E-state index in [1.54, 1.807) is 7.11 Å². The minimum absolute atomic E-state index is 0.0183. The highest BCUT2D eigenvalue weighted by atomic mass is 16.5. The van der Waals surface area contributed by atoms with Crippen LogP contribution in [0, 0.1) is 0 Å². The van der Waals surface area contributed by atoms with Gasteiger partial charge >= 0.3 is 0 Å². The fourth-order valence-corrected chi connectivity index (χ4v) is 4.88. The number of tetrazole rings is 1. The predicted octanol–water partition coefficient (Wildman–Crippen LogP) is 2.89. The molecule has 8 nitrogen and oxygen atoms in total. The summed E-state index contributed by atoms with van der Waals surface area (Å²) in [6.45, 7) is 3.42. The van der Waals surface area contributed by atoms with Crippen LogP contribution in [0.4, 0.5) is 11.6 Å². The summed E-state index contributed by atoms with van der Waals surface area (Å²) in [6.07, 6.45) is 1.91. The fraction of sp³-hybridized carbons (Fsp3) is 0.348. The van der Waals surface area contributed by atoms with Gasteiger partial charge in [-0.05, 0) is 70.3 Å². The lowest BCUT2D eigenvalue weighted by molar-refractivity contribution is 0.122. The van der Waals surface area contributed by atoms with Gasteiger partial charge in [-0.2, -0.15) is 4.68 Å². The second kappa shape index (κ2) is 7.39. The summed E-state index contributed by atoms with van der Waals surface area (Å²) in [7, 11) is 1.71. The third kappa shape index (κ3) is 3.06. The van der Waals surface area contributed by atoms with Crippen LogP contribution in [-0.4, -0.2) is 53.6 Å². The van der Waals surface area contributed by atoms with E-state index in [-0.39, 0.29) is 6.04 Å². The lowest BCUT2D eigenvalue weighted by atomic mass is 9.83. The van der Waals surface area contributed by atoms with Crippen LogP contribution in [0.5, 0.6) is 5.75 Å². The molecular formula is C23H24N6O2. The van der Waals surface area contributed by atoms with Gasteiger partial charge < -0.3 is 19.7 Å². The minimum Gasteiger partial charge on any atom is -0.497 e. The monoisotopic (exact) mass is 416 g/mol. The molecule has 1 aromatic heterocycles. The van der Waals surface area contributed by atoms with Crippen molar-refractivity contribution in [2.24, 2.45) is 0 Å². The van der Waals surface area contributed by atoms with Crippen molar-refractivity contribution in [2.45, 2.75) is 18.9 Å². The second-order valence-electron chi connectivity index (χ2n) is 8.09. The SMILES string of the molecule is COc1ccc2c(c1)CCC1=C2Nc2nnnn2[C@@H]1c1ccc(N2CCOCC2)cc1. The Labute approximate surface area is 180 Å². The van der Waals surface area contributed by atoms with Crippen LogP contribution in [0.15, 0.2) is 48.0 Å². The van der Waals surface area contributed by atoms with E-state index >= 15 is 0 Å². The number of fused-ring (bicyclic) bond motifs is 3. The molecule has 0 amide bonds. The van der Waals surface area contributed by atoms with E-state index in [9.17, 15) is 0 Å². The molecule has 0 saturated carbocycles. The van der Waals surface area contributed by atoms with E-state index in [2.05, 4.69) is 62.1 Å². The lowest BCUT2D eigenvalue weighted by Crippen LogP contribution is -2.36. The standard InChI is InChI=1S/C23H24N6O2/c1-30-18-7-9-19-16(14-18)4-8-20-21(19)24-23-25-26-27-29(23)22(20)15-2-5-17(6-3-15)28-10-12-31-13-11-28/h2-3,5-7,9,14,22H,4,8,10-13H2,1H3,(H,24,25,27)/t22-/m1/s1. The number of nitrogens with one attached hydrogen (secondary N) is 1. The van der Waals surface area contributed by atoms with Crippen molar-refractivity contribution in [3.8, 4) is 5.75 Å². The molecule has 3 aromatic rings. The van der Waals surface area contributed by atoms with Crippen LogP contribution in [0.3, 0.4) is 0 Å². The van der Waals surface area contributed by atoms with Crippen molar-refractivity contribution in [2.75, 3.05) is 43.6 Å². The summed E-state index contributed by atoms with van der Waals surface area (Å²) in [6, 6.07) is 15.1. The van der Waals surface area contributed by atoms with Gasteiger partial charge in [0.05, 0.1) is 26.0 Å². The smallest absolute Gasteiger partial charge is 0.248 e. The molecule has 1 saturated heterocycles. The van der Waals surface area contributed by atoms with E-state index in [0.29, 0.717) is 5.95 Å². The van der Waals surface area contributed by atoms with Crippen LogP contribution in [0.25, 0.3) is 5.70 Å². The first kappa shape index (κ1) is 18.4. The van der Waals surface area contributed by atoms with Gasteiger partial charge in [0.25, 0.3) is 0 Å². The van der Waals surface area contributed by atoms with Gasteiger partial charge in [0.2, 0.25) is 5.95 Å². The summed E-state index contributed by atoms with van der Waals surface area (Å²) in [5, 5.41) is 16.0. The number of methoxy groups -OCH3 is 1. The van der Waals surface area contributed by atoms with E-state index < -0.39 is 0 Å². The average Bonchev–Trinajstić information content (AvgIpc) is 3.31. The number of anilines is 2. The lowest BCUT2D eigenvalue weighted by Gasteiger charge is -2.34. The normalized spacial score (nSPS) is 19.9. The molecule has 0 spiro atoms. The van der Waals surface area contributed by atoms with Gasteiger partial charge in [-0.3, -0.25) is 0 Å². The number of aromatic nitrogens is 4. The third-order valence-corrected chi connectivity index (χ3v) is 6.46. The van der Waals surface area contributed by atoms with E-state index in [4.69, 9.17) is 9.47 Å². The Morgan fingerprint density at radius 3 is 2.71 bits per heavy atom. The zero-order chi connectivity index (χ0) is 20.8. The fourth-order valence-electron chi connectivity index (χ4n) is 4.88.